The summed E-state index contributed by atoms with van der Waals surface area (Å²) in [6, 6.07) is 7.64. The smallest absolute Gasteiger partial charge is 0.320 e. The van der Waals surface area contributed by atoms with Crippen LogP contribution in [0.25, 0.3) is 0 Å². The second-order valence-corrected chi connectivity index (χ2v) is 4.83. The Bertz CT molecular complexity index is 459. The van der Waals surface area contributed by atoms with Gasteiger partial charge in [-0.3, -0.25) is 0 Å². The SMILES string of the molecule is CCOc1cccc(C[S+]([O-])c2ncc[nH]2)c1. The van der Waals surface area contributed by atoms with E-state index >= 15 is 0 Å². The molecule has 1 aromatic carbocycles. The van der Waals surface area contributed by atoms with Crippen molar-refractivity contribution in [2.45, 2.75) is 17.8 Å². The van der Waals surface area contributed by atoms with Crippen molar-refractivity contribution in [2.24, 2.45) is 0 Å². The van der Waals surface area contributed by atoms with Gasteiger partial charge in [0, 0.05) is 29.1 Å². The standard InChI is InChI=1S/C12H14N2O2S/c1-2-16-11-5-3-4-10(8-11)9-17(15)12-13-6-7-14-12/h3-8H,2,9H2,1H3,(H,13,14). The molecule has 1 heterocycles. The summed E-state index contributed by atoms with van der Waals surface area (Å²) in [6.45, 7) is 2.57. The molecule has 0 saturated heterocycles. The molecule has 4 nitrogen and oxygen atoms in total. The number of nitrogens with zero attached hydrogens (tertiary/aromatic N) is 1. The number of benzene rings is 1. The van der Waals surface area contributed by atoms with Crippen LogP contribution >= 0.6 is 0 Å². The lowest BCUT2D eigenvalue weighted by Gasteiger charge is -2.08. The van der Waals surface area contributed by atoms with E-state index in [2.05, 4.69) is 9.97 Å². The molecule has 0 spiro atoms. The molecule has 1 atom stereocenters. The molecule has 0 saturated carbocycles. The molecular weight excluding hydrogens is 236 g/mol. The third-order valence-electron chi connectivity index (χ3n) is 2.20. The molecule has 0 aliphatic heterocycles. The molecule has 1 unspecified atom stereocenters. The molecule has 17 heavy (non-hydrogen) atoms. The first-order valence-corrected chi connectivity index (χ1v) is 6.71. The summed E-state index contributed by atoms with van der Waals surface area (Å²) in [5.41, 5.74) is 0.977. The Morgan fingerprint density at radius 2 is 2.35 bits per heavy atom. The highest BCUT2D eigenvalue weighted by Crippen LogP contribution is 2.17. The summed E-state index contributed by atoms with van der Waals surface area (Å²) in [5.74, 6) is 1.25. The van der Waals surface area contributed by atoms with Gasteiger partial charge in [0.2, 0.25) is 0 Å². The van der Waals surface area contributed by atoms with Crippen molar-refractivity contribution in [3.8, 4) is 5.75 Å². The molecule has 1 aromatic heterocycles. The minimum absolute atomic E-state index is 0.439. The average molecular weight is 250 g/mol. The molecule has 0 fully saturated rings. The third-order valence-corrected chi connectivity index (χ3v) is 3.45. The molecule has 0 aliphatic rings. The molecule has 0 amide bonds. The zero-order valence-electron chi connectivity index (χ0n) is 9.55. The van der Waals surface area contributed by atoms with Crippen LogP contribution in [0.5, 0.6) is 5.75 Å². The predicted molar refractivity (Wildman–Crippen MR) is 66.3 cm³/mol. The summed E-state index contributed by atoms with van der Waals surface area (Å²) in [4.78, 5) is 6.84. The number of rotatable bonds is 5. The van der Waals surface area contributed by atoms with E-state index in [1.54, 1.807) is 12.4 Å². The summed E-state index contributed by atoms with van der Waals surface area (Å²) in [6.07, 6.45) is 3.27. The second-order valence-electron chi connectivity index (χ2n) is 3.46. The van der Waals surface area contributed by atoms with E-state index in [0.717, 1.165) is 11.3 Å². The zero-order valence-corrected chi connectivity index (χ0v) is 10.4. The number of imidazole rings is 1. The van der Waals surface area contributed by atoms with E-state index in [0.29, 0.717) is 17.5 Å². The van der Waals surface area contributed by atoms with Gasteiger partial charge in [0.05, 0.1) is 6.61 Å². The molecule has 5 heteroatoms. The monoisotopic (exact) mass is 250 g/mol. The number of nitrogens with one attached hydrogen (secondary N) is 1. The number of hydrogen-bond acceptors (Lipinski definition) is 3. The third kappa shape index (κ3) is 3.25. The van der Waals surface area contributed by atoms with Gasteiger partial charge in [-0.25, -0.2) is 0 Å². The van der Waals surface area contributed by atoms with Gasteiger partial charge in [0.1, 0.15) is 11.5 Å². The Labute approximate surface area is 103 Å². The first kappa shape index (κ1) is 12.0. The molecule has 1 N–H and O–H groups in total. The van der Waals surface area contributed by atoms with Gasteiger partial charge in [-0.05, 0) is 19.1 Å². The molecule has 0 aliphatic carbocycles. The first-order valence-electron chi connectivity index (χ1n) is 5.39. The van der Waals surface area contributed by atoms with Crippen LogP contribution in [-0.4, -0.2) is 21.1 Å². The maximum Gasteiger partial charge on any atom is 0.320 e. The minimum atomic E-state index is -1.14. The molecule has 90 valence electrons. The van der Waals surface area contributed by atoms with Crippen LogP contribution < -0.4 is 4.74 Å². The van der Waals surface area contributed by atoms with Crippen LogP contribution in [-0.2, 0) is 16.9 Å². The Kier molecular flexibility index (Phi) is 4.06. The number of ether oxygens (including phenoxy) is 1. The van der Waals surface area contributed by atoms with Crippen LogP contribution in [0.1, 0.15) is 12.5 Å². The van der Waals surface area contributed by atoms with Crippen LogP contribution in [0.2, 0.25) is 0 Å². The number of aromatic nitrogens is 2. The van der Waals surface area contributed by atoms with E-state index in [9.17, 15) is 4.55 Å². The van der Waals surface area contributed by atoms with Gasteiger partial charge < -0.3 is 14.3 Å². The van der Waals surface area contributed by atoms with E-state index in [-0.39, 0.29) is 0 Å². The van der Waals surface area contributed by atoms with E-state index in [1.807, 2.05) is 31.2 Å². The van der Waals surface area contributed by atoms with Gasteiger partial charge in [0.25, 0.3) is 0 Å². The van der Waals surface area contributed by atoms with Gasteiger partial charge >= 0.3 is 5.16 Å². The Balaban J connectivity index is 2.05. The fourth-order valence-corrected chi connectivity index (χ4v) is 2.48. The lowest BCUT2D eigenvalue weighted by molar-refractivity contribution is 0.340. The molecule has 0 bridgehead atoms. The van der Waals surface area contributed by atoms with Crippen molar-refractivity contribution < 1.29 is 9.29 Å². The zero-order chi connectivity index (χ0) is 12.1. The summed E-state index contributed by atoms with van der Waals surface area (Å²) in [5, 5.41) is 0.506. The highest BCUT2D eigenvalue weighted by molar-refractivity contribution is 7.90. The fraction of sp³-hybridized carbons (Fsp3) is 0.250. The maximum atomic E-state index is 11.9. The highest BCUT2D eigenvalue weighted by Gasteiger charge is 2.14. The van der Waals surface area contributed by atoms with Crippen LogP contribution in [0.3, 0.4) is 0 Å². The molecule has 2 aromatic rings. The molecular formula is C12H14N2O2S. The Hall–Kier alpha value is -1.46. The first-order chi connectivity index (χ1) is 8.29. The normalized spacial score (nSPS) is 12.4. The quantitative estimate of drug-likeness (QED) is 0.827. The van der Waals surface area contributed by atoms with Gasteiger partial charge in [-0.15, -0.1) is 0 Å². The molecule has 0 radical (unpaired) electrons. The minimum Gasteiger partial charge on any atom is -0.609 e. The van der Waals surface area contributed by atoms with Crippen molar-refractivity contribution in [1.29, 1.82) is 0 Å². The highest BCUT2D eigenvalue weighted by atomic mass is 32.2. The number of H-pyrrole nitrogens is 1. The molecule has 2 rings (SSSR count). The van der Waals surface area contributed by atoms with E-state index in [1.165, 1.54) is 0 Å². The Morgan fingerprint density at radius 1 is 1.47 bits per heavy atom. The van der Waals surface area contributed by atoms with E-state index < -0.39 is 11.2 Å². The van der Waals surface area contributed by atoms with Crippen molar-refractivity contribution in [1.82, 2.24) is 9.97 Å². The van der Waals surface area contributed by atoms with E-state index in [4.69, 9.17) is 4.74 Å². The summed E-state index contributed by atoms with van der Waals surface area (Å²) in [7, 11) is 0. The summed E-state index contributed by atoms with van der Waals surface area (Å²) >= 11 is -1.14. The van der Waals surface area contributed by atoms with Gasteiger partial charge in [0.15, 0.2) is 0 Å². The Morgan fingerprint density at radius 3 is 3.06 bits per heavy atom. The largest absolute Gasteiger partial charge is 0.609 e. The average Bonchev–Trinajstić information content (AvgIpc) is 2.83. The number of hydrogen-bond donors (Lipinski definition) is 1. The van der Waals surface area contributed by atoms with Gasteiger partial charge in [-0.2, -0.15) is 4.98 Å². The summed E-state index contributed by atoms with van der Waals surface area (Å²) < 4.78 is 17.3. The topological polar surface area (TPSA) is 61.0 Å². The van der Waals surface area contributed by atoms with Crippen molar-refractivity contribution in [2.75, 3.05) is 6.61 Å². The van der Waals surface area contributed by atoms with Crippen molar-refractivity contribution in [3.63, 3.8) is 0 Å². The van der Waals surface area contributed by atoms with Crippen LogP contribution in [0.4, 0.5) is 0 Å². The van der Waals surface area contributed by atoms with Crippen molar-refractivity contribution in [3.05, 3.63) is 42.2 Å². The fourth-order valence-electron chi connectivity index (χ4n) is 1.49. The lowest BCUT2D eigenvalue weighted by atomic mass is 10.2. The number of aromatic amines is 1. The van der Waals surface area contributed by atoms with Crippen molar-refractivity contribution >= 4 is 11.2 Å². The van der Waals surface area contributed by atoms with Gasteiger partial charge in [-0.1, -0.05) is 12.1 Å². The predicted octanol–water partition coefficient (Wildman–Crippen LogP) is 2.12. The lowest BCUT2D eigenvalue weighted by Crippen LogP contribution is -2.07. The maximum absolute atomic E-state index is 11.9. The second kappa shape index (κ2) is 5.75. The van der Waals surface area contributed by atoms with Crippen LogP contribution in [0, 0.1) is 0 Å². The van der Waals surface area contributed by atoms with Crippen LogP contribution in [0.15, 0.2) is 41.8 Å².